The fraction of sp³-hybridized carbons (Fsp3) is 0.462. The molecule has 0 saturated heterocycles. The van der Waals surface area contributed by atoms with Gasteiger partial charge in [0.15, 0.2) is 0 Å². The third-order valence-electron chi connectivity index (χ3n) is 3.46. The van der Waals surface area contributed by atoms with E-state index in [1.165, 1.54) is 0 Å². The van der Waals surface area contributed by atoms with E-state index in [2.05, 4.69) is 20.9 Å². The smallest absolute Gasteiger partial charge is 0.235 e. The summed E-state index contributed by atoms with van der Waals surface area (Å²) in [6.45, 7) is 0. The Hall–Kier alpha value is -1.32. The highest BCUT2D eigenvalue weighted by molar-refractivity contribution is 9.10. The van der Waals surface area contributed by atoms with Gasteiger partial charge in [-0.05, 0) is 40.9 Å². The van der Waals surface area contributed by atoms with Crippen molar-refractivity contribution < 1.29 is 14.6 Å². The number of ether oxygens (including phenoxy) is 1. The first kappa shape index (κ1) is 13.1. The van der Waals surface area contributed by atoms with E-state index in [0.29, 0.717) is 15.8 Å². The van der Waals surface area contributed by atoms with Crippen LogP contribution in [0.2, 0.25) is 0 Å². The van der Waals surface area contributed by atoms with Gasteiger partial charge in [0, 0.05) is 5.56 Å². The van der Waals surface area contributed by atoms with Crippen LogP contribution in [0.4, 0.5) is 0 Å². The summed E-state index contributed by atoms with van der Waals surface area (Å²) in [7, 11) is 1.56. The van der Waals surface area contributed by atoms with Gasteiger partial charge in [0.05, 0.1) is 11.6 Å². The maximum absolute atomic E-state index is 10.7. The topological polar surface area (TPSA) is 58.9 Å². The number of rotatable bonds is 3. The standard InChI is InChI=1S/C13H14BrNO3/c1-18-12-6-9(11(17)7-10(12)14)13(15-8-16)4-2-3-5-13/h6-7,17H,2-5H2,1H3. The van der Waals surface area contributed by atoms with E-state index in [-0.39, 0.29) is 5.75 Å². The van der Waals surface area contributed by atoms with E-state index in [1.807, 2.05) is 0 Å². The third-order valence-corrected chi connectivity index (χ3v) is 4.08. The highest BCUT2D eigenvalue weighted by Gasteiger charge is 2.38. The van der Waals surface area contributed by atoms with E-state index in [4.69, 9.17) is 4.74 Å². The van der Waals surface area contributed by atoms with Gasteiger partial charge in [-0.3, -0.25) is 0 Å². The highest BCUT2D eigenvalue weighted by Crippen LogP contribution is 2.47. The molecular weight excluding hydrogens is 298 g/mol. The van der Waals surface area contributed by atoms with Crippen LogP contribution in [-0.4, -0.2) is 18.3 Å². The second-order valence-corrected chi connectivity index (χ2v) is 5.30. The fourth-order valence-corrected chi connectivity index (χ4v) is 3.05. The van der Waals surface area contributed by atoms with Crippen LogP contribution in [0.3, 0.4) is 0 Å². The lowest BCUT2D eigenvalue weighted by Gasteiger charge is -2.24. The summed E-state index contributed by atoms with van der Waals surface area (Å²) in [5.41, 5.74) is 0.00296. The van der Waals surface area contributed by atoms with Crippen molar-refractivity contribution >= 4 is 22.0 Å². The summed E-state index contributed by atoms with van der Waals surface area (Å²) in [6.07, 6.45) is 5.12. The molecule has 0 heterocycles. The minimum Gasteiger partial charge on any atom is -0.508 e. The molecular formula is C13H14BrNO3. The van der Waals surface area contributed by atoms with Crippen molar-refractivity contribution in [3.05, 3.63) is 22.2 Å². The lowest BCUT2D eigenvalue weighted by molar-refractivity contribution is 0.389. The summed E-state index contributed by atoms with van der Waals surface area (Å²) < 4.78 is 5.90. The maximum atomic E-state index is 10.7. The van der Waals surface area contributed by atoms with Crippen LogP contribution in [-0.2, 0) is 10.3 Å². The Morgan fingerprint density at radius 3 is 2.67 bits per heavy atom. The van der Waals surface area contributed by atoms with Gasteiger partial charge in [-0.2, -0.15) is 4.99 Å². The number of phenols is 1. The van der Waals surface area contributed by atoms with Crippen molar-refractivity contribution in [2.24, 2.45) is 4.99 Å². The predicted octanol–water partition coefficient (Wildman–Crippen LogP) is 3.27. The number of hydrogen-bond donors (Lipinski definition) is 1. The maximum Gasteiger partial charge on any atom is 0.235 e. The monoisotopic (exact) mass is 311 g/mol. The number of benzene rings is 1. The molecule has 0 spiro atoms. The molecule has 2 rings (SSSR count). The first-order valence-electron chi connectivity index (χ1n) is 5.79. The average molecular weight is 312 g/mol. The second kappa shape index (κ2) is 5.12. The summed E-state index contributed by atoms with van der Waals surface area (Å²) in [5, 5.41) is 10.1. The zero-order chi connectivity index (χ0) is 13.2. The van der Waals surface area contributed by atoms with Gasteiger partial charge >= 0.3 is 0 Å². The molecule has 18 heavy (non-hydrogen) atoms. The molecule has 1 N–H and O–H groups in total. The second-order valence-electron chi connectivity index (χ2n) is 4.45. The Balaban J connectivity index is 2.57. The number of carbonyl (C=O) groups excluding carboxylic acids is 1. The minimum atomic E-state index is -0.639. The zero-order valence-electron chi connectivity index (χ0n) is 10.1. The molecule has 0 amide bonds. The van der Waals surface area contributed by atoms with Crippen molar-refractivity contribution in [3.8, 4) is 11.5 Å². The zero-order valence-corrected chi connectivity index (χ0v) is 11.7. The van der Waals surface area contributed by atoms with Gasteiger partial charge in [0.25, 0.3) is 0 Å². The molecule has 0 aromatic heterocycles. The molecule has 1 aromatic carbocycles. The van der Waals surface area contributed by atoms with E-state index >= 15 is 0 Å². The quantitative estimate of drug-likeness (QED) is 0.688. The molecule has 1 fully saturated rings. The molecule has 1 aliphatic carbocycles. The van der Waals surface area contributed by atoms with Gasteiger partial charge in [-0.15, -0.1) is 0 Å². The summed E-state index contributed by atoms with van der Waals surface area (Å²) >= 11 is 3.31. The predicted molar refractivity (Wildman–Crippen MR) is 70.6 cm³/mol. The lowest BCUT2D eigenvalue weighted by atomic mass is 9.88. The van der Waals surface area contributed by atoms with Crippen LogP contribution in [0.25, 0.3) is 0 Å². The number of methoxy groups -OCH3 is 1. The van der Waals surface area contributed by atoms with Crippen LogP contribution in [0, 0.1) is 0 Å². The Morgan fingerprint density at radius 1 is 1.44 bits per heavy atom. The van der Waals surface area contributed by atoms with Gasteiger partial charge in [-0.1, -0.05) is 12.8 Å². The molecule has 0 aliphatic heterocycles. The fourth-order valence-electron chi connectivity index (χ4n) is 2.56. The van der Waals surface area contributed by atoms with Crippen LogP contribution in [0.15, 0.2) is 21.6 Å². The third kappa shape index (κ3) is 2.16. The van der Waals surface area contributed by atoms with Crippen LogP contribution in [0.1, 0.15) is 31.2 Å². The normalized spacial score (nSPS) is 17.2. The van der Waals surface area contributed by atoms with E-state index in [0.717, 1.165) is 25.7 Å². The Labute approximate surface area is 114 Å². The first-order chi connectivity index (χ1) is 8.63. The van der Waals surface area contributed by atoms with Crippen molar-refractivity contribution in [3.63, 3.8) is 0 Å². The number of halogens is 1. The van der Waals surface area contributed by atoms with E-state index in [9.17, 15) is 9.90 Å². The van der Waals surface area contributed by atoms with E-state index in [1.54, 1.807) is 25.3 Å². The molecule has 5 heteroatoms. The SMILES string of the molecule is COc1cc(C2(N=C=O)CCCC2)c(O)cc1Br. The molecule has 96 valence electrons. The molecule has 4 nitrogen and oxygen atoms in total. The molecule has 1 aromatic rings. The number of hydrogen-bond acceptors (Lipinski definition) is 4. The van der Waals surface area contributed by atoms with E-state index < -0.39 is 5.54 Å². The number of aliphatic imine (C=N–C) groups is 1. The summed E-state index contributed by atoms with van der Waals surface area (Å²) in [6, 6.07) is 3.32. The number of aromatic hydroxyl groups is 1. The number of isocyanates is 1. The molecule has 1 aliphatic rings. The number of nitrogens with zero attached hydrogens (tertiary/aromatic N) is 1. The van der Waals surface area contributed by atoms with Crippen molar-refractivity contribution in [1.29, 1.82) is 0 Å². The molecule has 0 radical (unpaired) electrons. The average Bonchev–Trinajstić information content (AvgIpc) is 2.79. The highest BCUT2D eigenvalue weighted by atomic mass is 79.9. The Kier molecular flexibility index (Phi) is 3.73. The first-order valence-corrected chi connectivity index (χ1v) is 6.58. The van der Waals surface area contributed by atoms with Gasteiger partial charge in [0.2, 0.25) is 6.08 Å². The van der Waals surface area contributed by atoms with Gasteiger partial charge < -0.3 is 9.84 Å². The summed E-state index contributed by atoms with van der Waals surface area (Å²) in [4.78, 5) is 14.6. The van der Waals surface area contributed by atoms with Crippen LogP contribution < -0.4 is 4.74 Å². The van der Waals surface area contributed by atoms with Crippen LogP contribution in [0.5, 0.6) is 11.5 Å². The Morgan fingerprint density at radius 2 is 2.11 bits per heavy atom. The van der Waals surface area contributed by atoms with Crippen molar-refractivity contribution in [1.82, 2.24) is 0 Å². The largest absolute Gasteiger partial charge is 0.508 e. The lowest BCUT2D eigenvalue weighted by Crippen LogP contribution is -2.19. The Bertz CT molecular complexity index is 503. The number of phenolic OH excluding ortho intramolecular Hbond substituents is 1. The van der Waals surface area contributed by atoms with Gasteiger partial charge in [0.1, 0.15) is 17.0 Å². The van der Waals surface area contributed by atoms with Crippen molar-refractivity contribution in [2.45, 2.75) is 31.2 Å². The molecule has 0 atom stereocenters. The van der Waals surface area contributed by atoms with Gasteiger partial charge in [-0.25, -0.2) is 4.79 Å². The molecule has 1 saturated carbocycles. The molecule has 0 unspecified atom stereocenters. The van der Waals surface area contributed by atoms with Crippen molar-refractivity contribution in [2.75, 3.05) is 7.11 Å². The molecule has 0 bridgehead atoms. The van der Waals surface area contributed by atoms with Crippen LogP contribution >= 0.6 is 15.9 Å². The minimum absolute atomic E-state index is 0.128. The summed E-state index contributed by atoms with van der Waals surface area (Å²) in [5.74, 6) is 0.749.